The third kappa shape index (κ3) is 4.68. The molecule has 1 aromatic heterocycles. The molecule has 0 spiro atoms. The van der Waals surface area contributed by atoms with Crippen LogP contribution < -0.4 is 20.1 Å². The first-order chi connectivity index (χ1) is 13.8. The average Bonchev–Trinajstić information content (AvgIpc) is 3.21. The van der Waals surface area contributed by atoms with Crippen LogP contribution >= 0.6 is 0 Å². The number of morpholine rings is 1. The first kappa shape index (κ1) is 18.5. The number of ether oxygens (including phenoxy) is 3. The van der Waals surface area contributed by atoms with Gasteiger partial charge in [-0.15, -0.1) is 0 Å². The van der Waals surface area contributed by atoms with Crippen molar-refractivity contribution in [3.63, 3.8) is 0 Å². The highest BCUT2D eigenvalue weighted by Gasteiger charge is 2.14. The van der Waals surface area contributed by atoms with Gasteiger partial charge in [-0.3, -0.25) is 9.69 Å². The Morgan fingerprint density at radius 2 is 1.89 bits per heavy atom. The summed E-state index contributed by atoms with van der Waals surface area (Å²) in [6, 6.07) is 5.76. The van der Waals surface area contributed by atoms with Crippen LogP contribution in [-0.2, 0) is 11.3 Å². The minimum absolute atomic E-state index is 0.171. The number of aromatic nitrogens is 2. The van der Waals surface area contributed by atoms with Gasteiger partial charge in [0.2, 0.25) is 12.7 Å². The van der Waals surface area contributed by atoms with E-state index in [0.29, 0.717) is 24.6 Å². The smallest absolute Gasteiger partial charge is 0.254 e. The zero-order chi connectivity index (χ0) is 19.2. The van der Waals surface area contributed by atoms with Crippen molar-refractivity contribution in [2.45, 2.75) is 6.54 Å². The Morgan fingerprint density at radius 3 is 2.71 bits per heavy atom. The summed E-state index contributed by atoms with van der Waals surface area (Å²) in [6.45, 7) is 5.51. The maximum atomic E-state index is 12.2. The van der Waals surface area contributed by atoms with Gasteiger partial charge in [0.25, 0.3) is 5.91 Å². The summed E-state index contributed by atoms with van der Waals surface area (Å²) in [4.78, 5) is 22.9. The number of benzene rings is 1. The summed E-state index contributed by atoms with van der Waals surface area (Å²) in [7, 11) is 0. The summed E-state index contributed by atoms with van der Waals surface area (Å²) >= 11 is 0. The van der Waals surface area contributed by atoms with E-state index in [0.717, 1.165) is 49.9 Å². The van der Waals surface area contributed by atoms with Crippen LogP contribution in [0, 0.1) is 0 Å². The maximum Gasteiger partial charge on any atom is 0.254 e. The third-order valence-corrected chi connectivity index (χ3v) is 4.62. The summed E-state index contributed by atoms with van der Waals surface area (Å²) < 4.78 is 16.0. The number of hydrogen-bond donors (Lipinski definition) is 2. The minimum Gasteiger partial charge on any atom is -0.454 e. The zero-order valence-corrected chi connectivity index (χ0v) is 15.5. The van der Waals surface area contributed by atoms with Gasteiger partial charge in [0, 0.05) is 45.1 Å². The van der Waals surface area contributed by atoms with Gasteiger partial charge in [-0.05, 0) is 17.7 Å². The number of fused-ring (bicyclic) bond motifs is 1. The highest BCUT2D eigenvalue weighted by Crippen LogP contribution is 2.32. The van der Waals surface area contributed by atoms with Crippen molar-refractivity contribution >= 4 is 11.9 Å². The molecule has 0 radical (unpaired) electrons. The molecule has 0 atom stereocenters. The molecule has 4 rings (SSSR count). The van der Waals surface area contributed by atoms with Crippen molar-refractivity contribution in [3.05, 3.63) is 41.7 Å². The molecule has 2 aliphatic heterocycles. The summed E-state index contributed by atoms with van der Waals surface area (Å²) in [5, 5.41) is 6.04. The van der Waals surface area contributed by atoms with Crippen molar-refractivity contribution in [2.24, 2.45) is 0 Å². The molecule has 1 fully saturated rings. The summed E-state index contributed by atoms with van der Waals surface area (Å²) in [5.41, 5.74) is 1.47. The molecule has 0 bridgehead atoms. The van der Waals surface area contributed by atoms with Crippen LogP contribution in [-0.4, -0.2) is 67.0 Å². The Kier molecular flexibility index (Phi) is 5.83. The monoisotopic (exact) mass is 385 g/mol. The van der Waals surface area contributed by atoms with Gasteiger partial charge in [0.15, 0.2) is 11.5 Å². The van der Waals surface area contributed by atoms with Crippen LogP contribution in [0.3, 0.4) is 0 Å². The standard InChI is InChI=1S/C19H23N5O4/c25-18(20-3-4-24-5-7-26-8-6-24)15-11-22-19(23-12-15)21-10-14-1-2-16-17(9-14)28-13-27-16/h1-2,9,11-12H,3-8,10,13H2,(H,20,25)(H,21,22,23). The Morgan fingerprint density at radius 1 is 1.11 bits per heavy atom. The highest BCUT2D eigenvalue weighted by atomic mass is 16.7. The van der Waals surface area contributed by atoms with Crippen LogP contribution in [0.25, 0.3) is 0 Å². The van der Waals surface area contributed by atoms with E-state index in [1.807, 2.05) is 18.2 Å². The molecule has 9 nitrogen and oxygen atoms in total. The lowest BCUT2D eigenvalue weighted by molar-refractivity contribution is 0.0383. The van der Waals surface area contributed by atoms with Crippen molar-refractivity contribution in [1.29, 1.82) is 0 Å². The molecular formula is C19H23N5O4. The van der Waals surface area contributed by atoms with Gasteiger partial charge in [0.05, 0.1) is 18.8 Å². The number of rotatable bonds is 7. The molecule has 1 aromatic carbocycles. The fraction of sp³-hybridized carbons (Fsp3) is 0.421. The fourth-order valence-electron chi connectivity index (χ4n) is 3.02. The molecule has 2 aliphatic rings. The van der Waals surface area contributed by atoms with Gasteiger partial charge < -0.3 is 24.8 Å². The van der Waals surface area contributed by atoms with E-state index in [9.17, 15) is 4.79 Å². The predicted octanol–water partition coefficient (Wildman–Crippen LogP) is 0.879. The molecule has 0 saturated carbocycles. The second-order valence-electron chi connectivity index (χ2n) is 6.55. The lowest BCUT2D eigenvalue weighted by Crippen LogP contribution is -2.41. The van der Waals surface area contributed by atoms with Crippen LogP contribution in [0.1, 0.15) is 15.9 Å². The molecule has 9 heteroatoms. The van der Waals surface area contributed by atoms with Crippen molar-refractivity contribution in [2.75, 3.05) is 51.5 Å². The van der Waals surface area contributed by atoms with E-state index in [4.69, 9.17) is 14.2 Å². The topological polar surface area (TPSA) is 97.8 Å². The number of carbonyl (C=O) groups is 1. The molecular weight excluding hydrogens is 362 g/mol. The number of hydrogen-bond acceptors (Lipinski definition) is 8. The number of anilines is 1. The third-order valence-electron chi connectivity index (χ3n) is 4.62. The summed E-state index contributed by atoms with van der Waals surface area (Å²) in [5.74, 6) is 1.78. The van der Waals surface area contributed by atoms with Gasteiger partial charge in [0.1, 0.15) is 0 Å². The number of nitrogens with zero attached hydrogens (tertiary/aromatic N) is 3. The largest absolute Gasteiger partial charge is 0.454 e. The molecule has 1 amide bonds. The summed E-state index contributed by atoms with van der Waals surface area (Å²) in [6.07, 6.45) is 3.05. The van der Waals surface area contributed by atoms with E-state index in [-0.39, 0.29) is 12.7 Å². The van der Waals surface area contributed by atoms with E-state index >= 15 is 0 Å². The SMILES string of the molecule is O=C(NCCN1CCOCC1)c1cnc(NCc2ccc3c(c2)OCO3)nc1. The molecule has 0 aliphatic carbocycles. The van der Waals surface area contributed by atoms with Crippen LogP contribution in [0.4, 0.5) is 5.95 Å². The zero-order valence-electron chi connectivity index (χ0n) is 15.5. The molecule has 148 valence electrons. The van der Waals surface area contributed by atoms with Crippen LogP contribution in [0.2, 0.25) is 0 Å². The molecule has 2 aromatic rings. The van der Waals surface area contributed by atoms with Crippen LogP contribution in [0.5, 0.6) is 11.5 Å². The Balaban J connectivity index is 1.23. The molecule has 2 N–H and O–H groups in total. The molecule has 1 saturated heterocycles. The fourth-order valence-corrected chi connectivity index (χ4v) is 3.02. The number of nitrogens with one attached hydrogen (secondary N) is 2. The van der Waals surface area contributed by atoms with E-state index in [2.05, 4.69) is 25.5 Å². The van der Waals surface area contributed by atoms with Crippen LogP contribution in [0.15, 0.2) is 30.6 Å². The minimum atomic E-state index is -0.171. The lowest BCUT2D eigenvalue weighted by atomic mass is 10.2. The first-order valence-electron chi connectivity index (χ1n) is 9.31. The molecule has 28 heavy (non-hydrogen) atoms. The second kappa shape index (κ2) is 8.85. The molecule has 0 unspecified atom stereocenters. The quantitative estimate of drug-likeness (QED) is 0.725. The van der Waals surface area contributed by atoms with Gasteiger partial charge in [-0.1, -0.05) is 6.07 Å². The molecule has 3 heterocycles. The van der Waals surface area contributed by atoms with Crippen molar-refractivity contribution in [3.8, 4) is 11.5 Å². The number of amides is 1. The highest BCUT2D eigenvalue weighted by molar-refractivity contribution is 5.93. The van der Waals surface area contributed by atoms with Gasteiger partial charge >= 0.3 is 0 Å². The van der Waals surface area contributed by atoms with Gasteiger partial charge in [-0.25, -0.2) is 9.97 Å². The Labute approximate surface area is 163 Å². The van der Waals surface area contributed by atoms with E-state index < -0.39 is 0 Å². The van der Waals surface area contributed by atoms with E-state index in [1.54, 1.807) is 0 Å². The van der Waals surface area contributed by atoms with E-state index in [1.165, 1.54) is 12.4 Å². The maximum absolute atomic E-state index is 12.2. The Bertz CT molecular complexity index is 808. The lowest BCUT2D eigenvalue weighted by Gasteiger charge is -2.26. The second-order valence-corrected chi connectivity index (χ2v) is 6.55. The number of carbonyl (C=O) groups excluding carboxylic acids is 1. The average molecular weight is 385 g/mol. The predicted molar refractivity (Wildman–Crippen MR) is 102 cm³/mol. The first-order valence-corrected chi connectivity index (χ1v) is 9.31. The van der Waals surface area contributed by atoms with Crippen molar-refractivity contribution < 1.29 is 19.0 Å². The van der Waals surface area contributed by atoms with Crippen molar-refractivity contribution in [1.82, 2.24) is 20.2 Å². The normalized spacial score (nSPS) is 16.0. The Hall–Kier alpha value is -2.91. The van der Waals surface area contributed by atoms with Gasteiger partial charge in [-0.2, -0.15) is 0 Å².